The summed E-state index contributed by atoms with van der Waals surface area (Å²) >= 11 is 0. The molecule has 2 aromatic carbocycles. The molecule has 0 N–H and O–H groups in total. The van der Waals surface area contributed by atoms with Crippen molar-refractivity contribution in [3.8, 4) is 11.3 Å². The predicted molar refractivity (Wildman–Crippen MR) is 102 cm³/mol. The summed E-state index contributed by atoms with van der Waals surface area (Å²) in [5.41, 5.74) is 4.42. The average molecular weight is 332 g/mol. The Morgan fingerprint density at radius 2 is 1.52 bits per heavy atom. The summed E-state index contributed by atoms with van der Waals surface area (Å²) in [5.74, 6) is 0.0558. The van der Waals surface area contributed by atoms with Crippen molar-refractivity contribution in [1.82, 2.24) is 9.78 Å². The van der Waals surface area contributed by atoms with E-state index in [1.807, 2.05) is 53.2 Å². The van der Waals surface area contributed by atoms with E-state index in [1.165, 1.54) is 5.56 Å². The summed E-state index contributed by atoms with van der Waals surface area (Å²) in [6.45, 7) is 7.98. The molecule has 1 aromatic heterocycles. The highest BCUT2D eigenvalue weighted by atomic mass is 16.1. The molecule has 0 aliphatic heterocycles. The van der Waals surface area contributed by atoms with E-state index in [9.17, 15) is 4.79 Å². The Morgan fingerprint density at radius 1 is 0.960 bits per heavy atom. The van der Waals surface area contributed by atoms with Crippen LogP contribution in [0, 0.1) is 0 Å². The Hall–Kier alpha value is -2.68. The summed E-state index contributed by atoms with van der Waals surface area (Å²) in [5, 5.41) is 4.86. The summed E-state index contributed by atoms with van der Waals surface area (Å²) < 4.78 is 2.01. The molecule has 0 spiro atoms. The van der Waals surface area contributed by atoms with Crippen LogP contribution in [-0.4, -0.2) is 15.6 Å². The van der Waals surface area contributed by atoms with Crippen LogP contribution in [0.2, 0.25) is 0 Å². The molecular formula is C22H24N2O. The lowest BCUT2D eigenvalue weighted by Crippen LogP contribution is -2.26. The van der Waals surface area contributed by atoms with Crippen molar-refractivity contribution in [3.63, 3.8) is 0 Å². The summed E-state index contributed by atoms with van der Waals surface area (Å²) in [4.78, 5) is 12.5. The van der Waals surface area contributed by atoms with Gasteiger partial charge in [0.15, 0.2) is 5.78 Å². The zero-order chi connectivity index (χ0) is 18.0. The number of nitrogens with zero attached hydrogens (tertiary/aromatic N) is 2. The molecule has 1 heterocycles. The number of hydrogen-bond acceptors (Lipinski definition) is 2. The molecular weight excluding hydrogens is 308 g/mol. The standard InChI is InChI=1S/C22H24N2O/c1-16(25)20-19(15-17-11-7-5-8-12-17)24(22(2,3)4)23-21(20)18-13-9-6-10-14-18/h5-14H,15H2,1-4H3. The van der Waals surface area contributed by atoms with Gasteiger partial charge in [-0.15, -0.1) is 0 Å². The minimum atomic E-state index is -0.207. The van der Waals surface area contributed by atoms with Crippen LogP contribution in [0.1, 0.15) is 49.3 Å². The van der Waals surface area contributed by atoms with Gasteiger partial charge in [0, 0.05) is 12.0 Å². The molecule has 3 nitrogen and oxygen atoms in total. The highest BCUT2D eigenvalue weighted by Gasteiger charge is 2.27. The van der Waals surface area contributed by atoms with E-state index >= 15 is 0 Å². The second-order valence-corrected chi connectivity index (χ2v) is 7.34. The minimum absolute atomic E-state index is 0.0558. The molecule has 25 heavy (non-hydrogen) atoms. The van der Waals surface area contributed by atoms with Gasteiger partial charge in [-0.3, -0.25) is 9.48 Å². The topological polar surface area (TPSA) is 34.9 Å². The molecule has 0 amide bonds. The first-order chi connectivity index (χ1) is 11.9. The molecule has 0 saturated carbocycles. The molecule has 3 aromatic rings. The van der Waals surface area contributed by atoms with Crippen LogP contribution in [0.25, 0.3) is 11.3 Å². The first-order valence-corrected chi connectivity index (χ1v) is 8.60. The van der Waals surface area contributed by atoms with Crippen LogP contribution >= 0.6 is 0 Å². The minimum Gasteiger partial charge on any atom is -0.294 e. The fourth-order valence-electron chi connectivity index (χ4n) is 3.13. The molecule has 0 aliphatic rings. The summed E-state index contributed by atoms with van der Waals surface area (Å²) in [6, 6.07) is 20.2. The highest BCUT2D eigenvalue weighted by molar-refractivity contribution is 6.01. The van der Waals surface area contributed by atoms with Crippen molar-refractivity contribution in [3.05, 3.63) is 77.5 Å². The monoisotopic (exact) mass is 332 g/mol. The molecule has 3 heteroatoms. The van der Waals surface area contributed by atoms with Crippen LogP contribution in [-0.2, 0) is 12.0 Å². The van der Waals surface area contributed by atoms with Gasteiger partial charge in [-0.1, -0.05) is 60.7 Å². The van der Waals surface area contributed by atoms with Gasteiger partial charge in [-0.2, -0.15) is 5.10 Å². The van der Waals surface area contributed by atoms with Gasteiger partial charge in [0.25, 0.3) is 0 Å². The van der Waals surface area contributed by atoms with Crippen molar-refractivity contribution in [2.24, 2.45) is 0 Å². The number of carbonyl (C=O) groups is 1. The molecule has 3 rings (SSSR count). The molecule has 0 fully saturated rings. The second kappa shape index (κ2) is 6.67. The van der Waals surface area contributed by atoms with E-state index in [0.29, 0.717) is 6.42 Å². The van der Waals surface area contributed by atoms with Gasteiger partial charge in [-0.05, 0) is 33.3 Å². The van der Waals surface area contributed by atoms with Crippen LogP contribution in [0.3, 0.4) is 0 Å². The Balaban J connectivity index is 2.23. The van der Waals surface area contributed by atoms with Gasteiger partial charge >= 0.3 is 0 Å². The van der Waals surface area contributed by atoms with Crippen LogP contribution in [0.5, 0.6) is 0 Å². The van der Waals surface area contributed by atoms with Crippen molar-refractivity contribution < 1.29 is 4.79 Å². The maximum absolute atomic E-state index is 12.5. The number of benzene rings is 2. The van der Waals surface area contributed by atoms with Gasteiger partial charge in [-0.25, -0.2) is 0 Å². The fraction of sp³-hybridized carbons (Fsp3) is 0.273. The Labute approximate surface area is 149 Å². The second-order valence-electron chi connectivity index (χ2n) is 7.34. The lowest BCUT2D eigenvalue weighted by molar-refractivity contribution is 0.101. The molecule has 0 radical (unpaired) electrons. The van der Waals surface area contributed by atoms with Crippen molar-refractivity contribution in [1.29, 1.82) is 0 Å². The SMILES string of the molecule is CC(=O)c1c(-c2ccccc2)nn(C(C)(C)C)c1Cc1ccccc1. The van der Waals surface area contributed by atoms with E-state index < -0.39 is 0 Å². The zero-order valence-electron chi connectivity index (χ0n) is 15.3. The highest BCUT2D eigenvalue weighted by Crippen LogP contribution is 2.31. The Kier molecular flexibility index (Phi) is 4.58. The number of ketones is 1. The smallest absolute Gasteiger partial charge is 0.163 e. The van der Waals surface area contributed by atoms with E-state index in [2.05, 4.69) is 32.9 Å². The molecule has 0 unspecified atom stereocenters. The number of Topliss-reactive ketones (excluding diaryl/α,β-unsaturated/α-hetero) is 1. The third-order valence-electron chi connectivity index (χ3n) is 4.23. The fourth-order valence-corrected chi connectivity index (χ4v) is 3.13. The predicted octanol–water partition coefficient (Wildman–Crippen LogP) is 5.10. The number of carbonyl (C=O) groups excluding carboxylic acids is 1. The van der Waals surface area contributed by atoms with Crippen LogP contribution < -0.4 is 0 Å². The number of rotatable bonds is 4. The average Bonchev–Trinajstić information content (AvgIpc) is 2.96. The largest absolute Gasteiger partial charge is 0.294 e. The van der Waals surface area contributed by atoms with Crippen molar-refractivity contribution in [2.45, 2.75) is 39.7 Å². The number of aromatic nitrogens is 2. The number of hydrogen-bond donors (Lipinski definition) is 0. The lowest BCUT2D eigenvalue weighted by Gasteiger charge is -2.23. The molecule has 0 aliphatic carbocycles. The maximum atomic E-state index is 12.5. The summed E-state index contributed by atoms with van der Waals surface area (Å²) in [7, 11) is 0. The molecule has 0 saturated heterocycles. The van der Waals surface area contributed by atoms with Crippen LogP contribution in [0.15, 0.2) is 60.7 Å². The van der Waals surface area contributed by atoms with Gasteiger partial charge < -0.3 is 0 Å². The van der Waals surface area contributed by atoms with Crippen molar-refractivity contribution >= 4 is 5.78 Å². The van der Waals surface area contributed by atoms with E-state index in [-0.39, 0.29) is 11.3 Å². The molecule has 0 atom stereocenters. The van der Waals surface area contributed by atoms with Crippen LogP contribution in [0.4, 0.5) is 0 Å². The first-order valence-electron chi connectivity index (χ1n) is 8.60. The quantitative estimate of drug-likeness (QED) is 0.623. The Morgan fingerprint density at radius 3 is 2.04 bits per heavy atom. The third kappa shape index (κ3) is 3.55. The normalized spacial score (nSPS) is 11.5. The lowest BCUT2D eigenvalue weighted by atomic mass is 9.98. The first kappa shape index (κ1) is 17.2. The Bertz CT molecular complexity index is 872. The molecule has 0 bridgehead atoms. The van der Waals surface area contributed by atoms with Gasteiger partial charge in [0.05, 0.1) is 16.8 Å². The van der Waals surface area contributed by atoms with E-state index in [1.54, 1.807) is 6.92 Å². The summed E-state index contributed by atoms with van der Waals surface area (Å²) in [6.07, 6.45) is 0.687. The van der Waals surface area contributed by atoms with E-state index in [4.69, 9.17) is 5.10 Å². The van der Waals surface area contributed by atoms with Gasteiger partial charge in [0.2, 0.25) is 0 Å². The van der Waals surface area contributed by atoms with Crippen molar-refractivity contribution in [2.75, 3.05) is 0 Å². The third-order valence-corrected chi connectivity index (χ3v) is 4.23. The van der Waals surface area contributed by atoms with E-state index in [0.717, 1.165) is 22.5 Å². The molecule has 128 valence electrons. The zero-order valence-corrected chi connectivity index (χ0v) is 15.3. The maximum Gasteiger partial charge on any atom is 0.163 e. The van der Waals surface area contributed by atoms with Gasteiger partial charge in [0.1, 0.15) is 5.69 Å².